The summed E-state index contributed by atoms with van der Waals surface area (Å²) in [6.07, 6.45) is 5.81. The summed E-state index contributed by atoms with van der Waals surface area (Å²) in [5, 5.41) is 5.59. The molecule has 1 aliphatic carbocycles. The van der Waals surface area contributed by atoms with Gasteiger partial charge in [-0.25, -0.2) is 4.98 Å². The van der Waals surface area contributed by atoms with Gasteiger partial charge in [0.2, 0.25) is 5.91 Å². The lowest BCUT2D eigenvalue weighted by Gasteiger charge is -2.50. The molecule has 24 heavy (non-hydrogen) atoms. The second-order valence-corrected chi connectivity index (χ2v) is 8.00. The van der Waals surface area contributed by atoms with E-state index in [9.17, 15) is 4.79 Å². The van der Waals surface area contributed by atoms with Crippen molar-refractivity contribution < 1.29 is 9.53 Å². The van der Waals surface area contributed by atoms with E-state index < -0.39 is 0 Å². The molecule has 126 valence electrons. The number of fused-ring (bicyclic) bond motifs is 1. The molecule has 1 aromatic carbocycles. The molecule has 2 aromatic rings. The van der Waals surface area contributed by atoms with Gasteiger partial charge in [0.25, 0.3) is 0 Å². The van der Waals surface area contributed by atoms with E-state index in [2.05, 4.69) is 26.2 Å². The first kappa shape index (κ1) is 16.3. The van der Waals surface area contributed by atoms with E-state index >= 15 is 0 Å². The van der Waals surface area contributed by atoms with Crippen LogP contribution in [0.2, 0.25) is 5.02 Å². The Hall–Kier alpha value is -1.17. The number of anilines is 1. The van der Waals surface area contributed by atoms with Gasteiger partial charge in [-0.2, -0.15) is 0 Å². The molecule has 1 spiro atoms. The molecule has 4 nitrogen and oxygen atoms in total. The Labute approximate surface area is 154 Å². The van der Waals surface area contributed by atoms with E-state index in [0.29, 0.717) is 10.8 Å². The first-order chi connectivity index (χ1) is 11.6. The van der Waals surface area contributed by atoms with Crippen molar-refractivity contribution in [2.24, 2.45) is 11.3 Å². The molecule has 1 amide bonds. The number of halogens is 2. The van der Waals surface area contributed by atoms with Crippen LogP contribution in [0, 0.1) is 11.3 Å². The molecule has 1 aliphatic heterocycles. The predicted octanol–water partition coefficient (Wildman–Crippen LogP) is 4.80. The Morgan fingerprint density at radius 1 is 1.25 bits per heavy atom. The minimum atomic E-state index is 0.0795. The first-order valence-electron chi connectivity index (χ1n) is 8.21. The topological polar surface area (TPSA) is 51.2 Å². The van der Waals surface area contributed by atoms with E-state index in [1.54, 1.807) is 6.20 Å². The summed E-state index contributed by atoms with van der Waals surface area (Å²) < 4.78 is 6.29. The summed E-state index contributed by atoms with van der Waals surface area (Å²) in [4.78, 5) is 17.1. The van der Waals surface area contributed by atoms with Gasteiger partial charge in [-0.05, 0) is 70.6 Å². The molecule has 0 bridgehead atoms. The number of amides is 1. The fourth-order valence-electron chi connectivity index (χ4n) is 3.90. The molecule has 1 N–H and O–H groups in total. The third-order valence-corrected chi connectivity index (χ3v) is 6.68. The fraction of sp³-hybridized carbons (Fsp3) is 0.444. The zero-order chi connectivity index (χ0) is 16.7. The van der Waals surface area contributed by atoms with E-state index in [1.165, 1.54) is 0 Å². The molecule has 1 atom stereocenters. The molecule has 2 aliphatic rings. The first-order valence-corrected chi connectivity index (χ1v) is 9.38. The van der Waals surface area contributed by atoms with Crippen LogP contribution in [0.1, 0.15) is 25.7 Å². The number of hydrogen-bond acceptors (Lipinski definition) is 3. The molecule has 0 radical (unpaired) electrons. The highest BCUT2D eigenvalue weighted by atomic mass is 79.9. The molecule has 1 saturated heterocycles. The van der Waals surface area contributed by atoms with Gasteiger partial charge in [-0.3, -0.25) is 4.79 Å². The predicted molar refractivity (Wildman–Crippen MR) is 98.3 cm³/mol. The van der Waals surface area contributed by atoms with Gasteiger partial charge in [0.15, 0.2) is 0 Å². The highest BCUT2D eigenvalue weighted by molar-refractivity contribution is 9.10. The number of carbonyl (C=O) groups excluding carboxylic acids is 1. The lowest BCUT2D eigenvalue weighted by atomic mass is 9.56. The zero-order valence-corrected chi connectivity index (χ0v) is 15.5. The van der Waals surface area contributed by atoms with Crippen molar-refractivity contribution in [2.75, 3.05) is 18.5 Å². The Morgan fingerprint density at radius 3 is 2.75 bits per heavy atom. The maximum atomic E-state index is 12.7. The average Bonchev–Trinajstić information content (AvgIpc) is 2.56. The van der Waals surface area contributed by atoms with Crippen molar-refractivity contribution in [3.05, 3.63) is 33.9 Å². The van der Waals surface area contributed by atoms with Gasteiger partial charge < -0.3 is 10.1 Å². The Kier molecular flexibility index (Phi) is 4.27. The third kappa shape index (κ3) is 2.83. The zero-order valence-electron chi connectivity index (χ0n) is 13.1. The van der Waals surface area contributed by atoms with Crippen molar-refractivity contribution in [1.29, 1.82) is 0 Å². The molecule has 4 rings (SSSR count). The van der Waals surface area contributed by atoms with Crippen molar-refractivity contribution in [3.63, 3.8) is 0 Å². The number of ether oxygens (including phenoxy) is 1. The Bertz CT molecular complexity index is 805. The number of nitrogens with one attached hydrogen (secondary N) is 1. The van der Waals surface area contributed by atoms with E-state index in [0.717, 1.165) is 54.1 Å². The number of aromatic nitrogens is 1. The molecular formula is C18H18BrClN2O2. The number of nitrogens with zero attached hydrogens (tertiary/aromatic N) is 1. The highest BCUT2D eigenvalue weighted by Crippen LogP contribution is 2.53. The minimum absolute atomic E-state index is 0.0795. The number of rotatable bonds is 2. The summed E-state index contributed by atoms with van der Waals surface area (Å²) in [5.41, 5.74) is 0.149. The van der Waals surface area contributed by atoms with E-state index in [-0.39, 0.29) is 17.2 Å². The van der Waals surface area contributed by atoms with Gasteiger partial charge in [0.05, 0.1) is 5.02 Å². The van der Waals surface area contributed by atoms with E-state index in [4.69, 9.17) is 16.3 Å². The van der Waals surface area contributed by atoms with Crippen LogP contribution < -0.4 is 5.32 Å². The Morgan fingerprint density at radius 2 is 2.04 bits per heavy atom. The van der Waals surface area contributed by atoms with Crippen LogP contribution in [0.25, 0.3) is 10.8 Å². The summed E-state index contributed by atoms with van der Waals surface area (Å²) in [6.45, 7) is 1.54. The SMILES string of the molecule is O=C(Nc1cc2cc(Br)c(Cl)cc2cn1)[C@@H]1CCC12CCOCC2. The maximum Gasteiger partial charge on any atom is 0.229 e. The van der Waals surface area contributed by atoms with Crippen LogP contribution in [0.15, 0.2) is 28.9 Å². The minimum Gasteiger partial charge on any atom is -0.381 e. The molecule has 1 saturated carbocycles. The van der Waals surface area contributed by atoms with Crippen LogP contribution in [0.3, 0.4) is 0 Å². The second-order valence-electron chi connectivity index (χ2n) is 6.74. The molecule has 1 aromatic heterocycles. The molecule has 2 fully saturated rings. The van der Waals surface area contributed by atoms with Crippen LogP contribution in [0.4, 0.5) is 5.82 Å². The monoisotopic (exact) mass is 408 g/mol. The van der Waals surface area contributed by atoms with Gasteiger partial charge in [-0.1, -0.05) is 11.6 Å². The van der Waals surface area contributed by atoms with Crippen molar-refractivity contribution in [1.82, 2.24) is 4.98 Å². The van der Waals surface area contributed by atoms with Gasteiger partial charge in [-0.15, -0.1) is 0 Å². The smallest absolute Gasteiger partial charge is 0.229 e. The molecule has 0 unspecified atom stereocenters. The van der Waals surface area contributed by atoms with Gasteiger partial charge in [0, 0.05) is 35.2 Å². The summed E-state index contributed by atoms with van der Waals surface area (Å²) >= 11 is 9.54. The number of pyridine rings is 1. The molecule has 2 heterocycles. The van der Waals surface area contributed by atoms with E-state index in [1.807, 2.05) is 18.2 Å². The third-order valence-electron chi connectivity index (χ3n) is 5.49. The number of carbonyl (C=O) groups is 1. The van der Waals surface area contributed by atoms with Crippen LogP contribution in [-0.2, 0) is 9.53 Å². The Balaban J connectivity index is 1.53. The highest BCUT2D eigenvalue weighted by Gasteiger charge is 2.50. The summed E-state index contributed by atoms with van der Waals surface area (Å²) in [5.74, 6) is 0.759. The fourth-order valence-corrected chi connectivity index (χ4v) is 4.44. The standard InChI is InChI=1S/C18H18BrClN2O2/c19-14-7-11-9-16(21-10-12(11)8-15(14)20)22-17(23)13-1-2-18(13)3-5-24-6-4-18/h7-10,13H,1-6H2,(H,21,22,23)/t13-/m0/s1. The van der Waals surface area contributed by atoms with Crippen LogP contribution in [-0.4, -0.2) is 24.1 Å². The average molecular weight is 410 g/mol. The largest absolute Gasteiger partial charge is 0.381 e. The summed E-state index contributed by atoms with van der Waals surface area (Å²) in [6, 6.07) is 5.70. The van der Waals surface area contributed by atoms with Gasteiger partial charge >= 0.3 is 0 Å². The van der Waals surface area contributed by atoms with Gasteiger partial charge in [0.1, 0.15) is 5.82 Å². The quantitative estimate of drug-likeness (QED) is 0.775. The molecular weight excluding hydrogens is 392 g/mol. The normalized spacial score (nSPS) is 22.3. The molecule has 6 heteroatoms. The lowest BCUT2D eigenvalue weighted by molar-refractivity contribution is -0.138. The summed E-state index contributed by atoms with van der Waals surface area (Å²) in [7, 11) is 0. The van der Waals surface area contributed by atoms with Crippen molar-refractivity contribution in [2.45, 2.75) is 25.7 Å². The maximum absolute atomic E-state index is 12.7. The van der Waals surface area contributed by atoms with Crippen molar-refractivity contribution in [3.8, 4) is 0 Å². The van der Waals surface area contributed by atoms with Crippen molar-refractivity contribution >= 4 is 50.0 Å². The number of hydrogen-bond donors (Lipinski definition) is 1. The van der Waals surface area contributed by atoms with Crippen LogP contribution >= 0.6 is 27.5 Å². The lowest BCUT2D eigenvalue weighted by Crippen LogP contribution is -2.50. The number of benzene rings is 1. The van der Waals surface area contributed by atoms with Crippen LogP contribution in [0.5, 0.6) is 0 Å². The second kappa shape index (κ2) is 6.28.